The lowest BCUT2D eigenvalue weighted by atomic mass is 10.1. The number of thiazole rings is 1. The molecule has 10 heteroatoms. The molecule has 0 bridgehead atoms. The fourth-order valence-electron chi connectivity index (χ4n) is 2.74. The molecular weight excluding hydrogens is 431 g/mol. The number of carboxylic acids is 1. The number of halogens is 3. The topological polar surface area (TPSA) is 91.3 Å². The van der Waals surface area contributed by atoms with Crippen molar-refractivity contribution in [3.05, 3.63) is 76.3 Å². The zero-order chi connectivity index (χ0) is 22.4. The number of anilines is 2. The molecule has 2 aromatic carbocycles. The molecule has 0 unspecified atom stereocenters. The van der Waals surface area contributed by atoms with E-state index in [1.54, 1.807) is 29.6 Å². The fraction of sp³-hybridized carbons (Fsp3) is 0.190. The quantitative estimate of drug-likeness (QED) is 0.448. The van der Waals surface area contributed by atoms with Crippen molar-refractivity contribution >= 4 is 34.0 Å². The molecule has 0 aliphatic heterocycles. The van der Waals surface area contributed by atoms with E-state index in [2.05, 4.69) is 15.6 Å². The standard InChI is InChI=1S/C21H18F3N3O3S/c22-21(23,24)16-3-1-2-4-17(16)25-11-13-5-7-14(8-6-13)19(30)27-20-26-15(12-31-20)9-10-18(28)29/h1-8,12,25H,9-11H2,(H,28,29)(H,26,27,30). The van der Waals surface area contributed by atoms with E-state index in [-0.39, 0.29) is 31.0 Å². The summed E-state index contributed by atoms with van der Waals surface area (Å²) in [7, 11) is 0. The van der Waals surface area contributed by atoms with E-state index in [1.165, 1.54) is 29.5 Å². The number of aromatic nitrogens is 1. The van der Waals surface area contributed by atoms with Crippen molar-refractivity contribution in [2.45, 2.75) is 25.6 Å². The molecular formula is C21H18F3N3O3S. The van der Waals surface area contributed by atoms with E-state index < -0.39 is 17.7 Å². The number of alkyl halides is 3. The number of amides is 1. The summed E-state index contributed by atoms with van der Waals surface area (Å²) in [5, 5.41) is 16.2. The number of aliphatic carboxylic acids is 1. The highest BCUT2D eigenvalue weighted by atomic mass is 32.1. The van der Waals surface area contributed by atoms with Crippen LogP contribution >= 0.6 is 11.3 Å². The van der Waals surface area contributed by atoms with Gasteiger partial charge in [-0.1, -0.05) is 24.3 Å². The first-order chi connectivity index (χ1) is 14.7. The number of carboxylic acid groups (broad SMARTS) is 1. The van der Waals surface area contributed by atoms with Crippen LogP contribution in [-0.2, 0) is 23.9 Å². The van der Waals surface area contributed by atoms with Crippen LogP contribution in [0.4, 0.5) is 24.0 Å². The van der Waals surface area contributed by atoms with Crippen molar-refractivity contribution < 1.29 is 27.9 Å². The molecule has 1 aromatic heterocycles. The number of carbonyl (C=O) groups excluding carboxylic acids is 1. The molecule has 162 valence electrons. The van der Waals surface area contributed by atoms with Gasteiger partial charge in [0.15, 0.2) is 5.13 Å². The molecule has 0 spiro atoms. The maximum atomic E-state index is 13.1. The van der Waals surface area contributed by atoms with Gasteiger partial charge in [0.1, 0.15) is 0 Å². The molecule has 0 aliphatic carbocycles. The highest BCUT2D eigenvalue weighted by Crippen LogP contribution is 2.34. The number of aryl methyl sites for hydroxylation is 1. The van der Waals surface area contributed by atoms with Gasteiger partial charge < -0.3 is 10.4 Å². The van der Waals surface area contributed by atoms with E-state index in [9.17, 15) is 22.8 Å². The first kappa shape index (κ1) is 22.3. The second-order valence-electron chi connectivity index (χ2n) is 6.59. The highest BCUT2D eigenvalue weighted by molar-refractivity contribution is 7.14. The largest absolute Gasteiger partial charge is 0.481 e. The van der Waals surface area contributed by atoms with Gasteiger partial charge in [-0.2, -0.15) is 13.2 Å². The van der Waals surface area contributed by atoms with E-state index in [1.807, 2.05) is 0 Å². The van der Waals surface area contributed by atoms with Gasteiger partial charge in [0.2, 0.25) is 0 Å². The predicted molar refractivity (Wildman–Crippen MR) is 111 cm³/mol. The van der Waals surface area contributed by atoms with E-state index in [0.29, 0.717) is 22.0 Å². The molecule has 3 rings (SSSR count). The molecule has 0 aliphatic rings. The summed E-state index contributed by atoms with van der Waals surface area (Å²) < 4.78 is 39.2. The Labute approximate surface area is 179 Å². The fourth-order valence-corrected chi connectivity index (χ4v) is 3.48. The maximum Gasteiger partial charge on any atom is 0.418 e. The molecule has 0 radical (unpaired) electrons. The molecule has 3 aromatic rings. The van der Waals surface area contributed by atoms with Crippen LogP contribution in [0.15, 0.2) is 53.9 Å². The van der Waals surface area contributed by atoms with Crippen molar-refractivity contribution in [3.63, 3.8) is 0 Å². The summed E-state index contributed by atoms with van der Waals surface area (Å²) in [6.07, 6.45) is -4.21. The normalized spacial score (nSPS) is 11.2. The second kappa shape index (κ2) is 9.61. The lowest BCUT2D eigenvalue weighted by molar-refractivity contribution is -0.137. The minimum absolute atomic E-state index is 0.0145. The Bertz CT molecular complexity index is 1070. The zero-order valence-corrected chi connectivity index (χ0v) is 16.9. The molecule has 1 amide bonds. The zero-order valence-electron chi connectivity index (χ0n) is 16.1. The van der Waals surface area contributed by atoms with Crippen LogP contribution in [0.1, 0.15) is 33.6 Å². The average molecular weight is 449 g/mol. The Balaban J connectivity index is 1.58. The second-order valence-corrected chi connectivity index (χ2v) is 7.44. The average Bonchev–Trinajstić information content (AvgIpc) is 3.18. The van der Waals surface area contributed by atoms with Gasteiger partial charge in [0.05, 0.1) is 17.7 Å². The van der Waals surface area contributed by atoms with Crippen LogP contribution in [-0.4, -0.2) is 22.0 Å². The molecule has 0 saturated heterocycles. The van der Waals surface area contributed by atoms with Crippen LogP contribution in [0, 0.1) is 0 Å². The van der Waals surface area contributed by atoms with E-state index in [0.717, 1.165) is 6.07 Å². The van der Waals surface area contributed by atoms with Crippen LogP contribution in [0.2, 0.25) is 0 Å². The monoisotopic (exact) mass is 449 g/mol. The summed E-state index contributed by atoms with van der Waals surface area (Å²) in [6.45, 7) is 0.161. The number of benzene rings is 2. The lowest BCUT2D eigenvalue weighted by Gasteiger charge is -2.14. The summed E-state index contributed by atoms with van der Waals surface area (Å²) in [5.41, 5.74) is 0.903. The first-order valence-corrected chi connectivity index (χ1v) is 10.1. The Morgan fingerprint density at radius 1 is 1.06 bits per heavy atom. The van der Waals surface area contributed by atoms with Gasteiger partial charge in [-0.05, 0) is 29.8 Å². The molecule has 31 heavy (non-hydrogen) atoms. The van der Waals surface area contributed by atoms with Crippen LogP contribution in [0.25, 0.3) is 0 Å². The summed E-state index contributed by atoms with van der Waals surface area (Å²) in [6, 6.07) is 11.7. The van der Waals surface area contributed by atoms with E-state index in [4.69, 9.17) is 5.11 Å². The van der Waals surface area contributed by atoms with E-state index >= 15 is 0 Å². The number of hydrogen-bond acceptors (Lipinski definition) is 5. The van der Waals surface area contributed by atoms with Gasteiger partial charge in [-0.3, -0.25) is 14.9 Å². The lowest BCUT2D eigenvalue weighted by Crippen LogP contribution is -2.12. The number of para-hydroxylation sites is 1. The molecule has 3 N–H and O–H groups in total. The van der Waals surface area contributed by atoms with Crippen LogP contribution in [0.5, 0.6) is 0 Å². The number of rotatable bonds is 8. The minimum atomic E-state index is -4.45. The van der Waals surface area contributed by atoms with Gasteiger partial charge in [0, 0.05) is 29.6 Å². The molecule has 0 fully saturated rings. The summed E-state index contributed by atoms with van der Waals surface area (Å²) in [5.74, 6) is -1.31. The Kier molecular flexibility index (Phi) is 6.91. The number of nitrogens with zero attached hydrogens (tertiary/aromatic N) is 1. The third kappa shape index (κ3) is 6.29. The minimum Gasteiger partial charge on any atom is -0.481 e. The smallest absolute Gasteiger partial charge is 0.418 e. The van der Waals surface area contributed by atoms with Crippen molar-refractivity contribution in [1.29, 1.82) is 0 Å². The molecule has 1 heterocycles. The van der Waals surface area contributed by atoms with Crippen molar-refractivity contribution in [3.8, 4) is 0 Å². The third-order valence-corrected chi connectivity index (χ3v) is 5.11. The van der Waals surface area contributed by atoms with Crippen LogP contribution in [0.3, 0.4) is 0 Å². The van der Waals surface area contributed by atoms with Crippen LogP contribution < -0.4 is 10.6 Å². The molecule has 0 saturated carbocycles. The van der Waals surface area contributed by atoms with Gasteiger partial charge in [0.25, 0.3) is 5.91 Å². The Hall–Kier alpha value is -3.40. The predicted octanol–water partition coefficient (Wildman–Crippen LogP) is 5.04. The van der Waals surface area contributed by atoms with Gasteiger partial charge in [-0.15, -0.1) is 11.3 Å². The Morgan fingerprint density at radius 3 is 2.45 bits per heavy atom. The van der Waals surface area contributed by atoms with Crippen molar-refractivity contribution in [2.24, 2.45) is 0 Å². The third-order valence-electron chi connectivity index (χ3n) is 4.30. The number of hydrogen-bond donors (Lipinski definition) is 3. The van der Waals surface area contributed by atoms with Gasteiger partial charge >= 0.3 is 12.1 Å². The molecule has 0 atom stereocenters. The highest BCUT2D eigenvalue weighted by Gasteiger charge is 2.33. The van der Waals surface area contributed by atoms with Gasteiger partial charge in [-0.25, -0.2) is 4.98 Å². The van der Waals surface area contributed by atoms with Crippen molar-refractivity contribution in [1.82, 2.24) is 4.98 Å². The molecule has 6 nitrogen and oxygen atoms in total. The number of carbonyl (C=O) groups is 2. The summed E-state index contributed by atoms with van der Waals surface area (Å²) >= 11 is 1.20. The summed E-state index contributed by atoms with van der Waals surface area (Å²) in [4.78, 5) is 27.1. The van der Waals surface area contributed by atoms with Crippen molar-refractivity contribution in [2.75, 3.05) is 10.6 Å². The number of nitrogens with one attached hydrogen (secondary N) is 2. The SMILES string of the molecule is O=C(O)CCc1csc(NC(=O)c2ccc(CNc3ccccc3C(F)(F)F)cc2)n1. The maximum absolute atomic E-state index is 13.1. The first-order valence-electron chi connectivity index (χ1n) is 9.19. The Morgan fingerprint density at radius 2 is 1.77 bits per heavy atom.